The fourth-order valence-electron chi connectivity index (χ4n) is 6.26. The lowest BCUT2D eigenvalue weighted by molar-refractivity contribution is -0.175. The molecule has 1 saturated carbocycles. The van der Waals surface area contributed by atoms with Gasteiger partial charge >= 0.3 is 5.97 Å². The molecule has 196 valence electrons. The van der Waals surface area contributed by atoms with Crippen molar-refractivity contribution in [2.24, 2.45) is 35.3 Å². The van der Waals surface area contributed by atoms with E-state index in [1.165, 1.54) is 6.92 Å². The average Bonchev–Trinajstić information content (AvgIpc) is 2.80. The predicted octanol–water partition coefficient (Wildman–Crippen LogP) is -1.18. The maximum Gasteiger partial charge on any atom is 0.305 e. The van der Waals surface area contributed by atoms with Crippen molar-refractivity contribution in [3.63, 3.8) is 0 Å². The van der Waals surface area contributed by atoms with Crippen LogP contribution in [0, 0.1) is 29.6 Å². The van der Waals surface area contributed by atoms with E-state index in [9.17, 15) is 49.8 Å². The number of allylic oxidation sites excluding steroid dienone is 1. The topological polar surface area (TPSA) is 225 Å². The smallest absolute Gasteiger partial charge is 0.305 e. The van der Waals surface area contributed by atoms with Crippen LogP contribution >= 0.6 is 0 Å². The zero-order valence-corrected chi connectivity index (χ0v) is 19.6. The zero-order valence-electron chi connectivity index (χ0n) is 19.6. The summed E-state index contributed by atoms with van der Waals surface area (Å²) in [6.07, 6.45) is -3.96. The molecule has 0 aromatic carbocycles. The SMILES string of the molecule is CCC(=O)O[C@@H]1[C@H]2CC(=O)C(C(N)=O)=C(O)[C@@]2(O)C(O)=C2C(=O)C3C(=CCC(C(O)O)C3O)C(C)[C@H]21. The van der Waals surface area contributed by atoms with Crippen molar-refractivity contribution in [1.29, 1.82) is 0 Å². The Labute approximate surface area is 205 Å². The Kier molecular flexibility index (Phi) is 6.36. The lowest BCUT2D eigenvalue weighted by atomic mass is 9.53. The molecule has 0 heterocycles. The van der Waals surface area contributed by atoms with E-state index < -0.39 is 106 Å². The summed E-state index contributed by atoms with van der Waals surface area (Å²) in [5.41, 5.74) is 1.39. The normalized spacial score (nSPS) is 38.3. The standard InChI is InChI=1S/C24H29NO11/c1-3-12(27)36-19-10-6-11(26)15(22(25)32)20(30)24(10,35)21(31)16-13(19)7(2)8-4-5-9(23(33)34)17(28)14(8)18(16)29/h4,7,9-10,13-14,17,19,23,28,30-31,33-35H,3,5-6H2,1-2H3,(H2,25,32)/t7?,9?,10-,13-,14?,17?,19-,24-/m1/s1. The van der Waals surface area contributed by atoms with Crippen LogP contribution in [0.15, 0.2) is 34.3 Å². The molecule has 12 nitrogen and oxygen atoms in total. The van der Waals surface area contributed by atoms with E-state index in [0.29, 0.717) is 5.57 Å². The van der Waals surface area contributed by atoms with E-state index in [0.717, 1.165) is 0 Å². The van der Waals surface area contributed by atoms with Crippen molar-refractivity contribution in [3.05, 3.63) is 34.3 Å². The number of rotatable bonds is 4. The van der Waals surface area contributed by atoms with Gasteiger partial charge in [0.15, 0.2) is 23.5 Å². The Morgan fingerprint density at radius 3 is 2.42 bits per heavy atom. The molecule has 8 atom stereocenters. The number of aliphatic hydroxyl groups is 6. The Morgan fingerprint density at radius 1 is 1.22 bits per heavy atom. The minimum absolute atomic E-state index is 0.0385. The molecule has 0 spiro atoms. The zero-order chi connectivity index (χ0) is 26.9. The number of nitrogens with two attached hydrogens (primary N) is 1. The Morgan fingerprint density at radius 2 is 1.86 bits per heavy atom. The first-order valence-electron chi connectivity index (χ1n) is 11.7. The van der Waals surface area contributed by atoms with Gasteiger partial charge in [-0.1, -0.05) is 25.5 Å². The van der Waals surface area contributed by atoms with Crippen LogP contribution in [-0.4, -0.2) is 78.2 Å². The van der Waals surface area contributed by atoms with Crippen LogP contribution in [-0.2, 0) is 23.9 Å². The molecular formula is C24H29NO11. The monoisotopic (exact) mass is 507 g/mol. The van der Waals surface area contributed by atoms with Gasteiger partial charge in [-0.25, -0.2) is 0 Å². The molecule has 4 aliphatic rings. The molecule has 0 radical (unpaired) electrons. The third-order valence-electron chi connectivity index (χ3n) is 8.08. The second-order valence-corrected chi connectivity index (χ2v) is 9.82. The minimum atomic E-state index is -2.85. The van der Waals surface area contributed by atoms with Crippen molar-refractivity contribution in [1.82, 2.24) is 0 Å². The van der Waals surface area contributed by atoms with Gasteiger partial charge < -0.3 is 41.1 Å². The van der Waals surface area contributed by atoms with Crippen LogP contribution in [0.25, 0.3) is 0 Å². The summed E-state index contributed by atoms with van der Waals surface area (Å²) < 4.78 is 5.60. The largest absolute Gasteiger partial charge is 0.508 e. The highest BCUT2D eigenvalue weighted by Crippen LogP contribution is 2.57. The quantitative estimate of drug-likeness (QED) is 0.104. The summed E-state index contributed by atoms with van der Waals surface area (Å²) in [7, 11) is 0. The van der Waals surface area contributed by atoms with E-state index in [4.69, 9.17) is 10.5 Å². The van der Waals surface area contributed by atoms with Crippen LogP contribution in [0.4, 0.5) is 0 Å². The first-order valence-corrected chi connectivity index (χ1v) is 11.7. The van der Waals surface area contributed by atoms with Crippen molar-refractivity contribution >= 4 is 23.4 Å². The third kappa shape index (κ3) is 3.43. The van der Waals surface area contributed by atoms with Gasteiger partial charge in [-0.15, -0.1) is 0 Å². The maximum absolute atomic E-state index is 13.7. The molecule has 0 aliphatic heterocycles. The number of amides is 1. The van der Waals surface area contributed by atoms with Crippen LogP contribution in [0.1, 0.15) is 33.1 Å². The fraction of sp³-hybridized carbons (Fsp3) is 0.583. The molecule has 12 heteroatoms. The van der Waals surface area contributed by atoms with Crippen LogP contribution < -0.4 is 5.73 Å². The number of ether oxygens (including phenoxy) is 1. The molecule has 4 rings (SSSR count). The molecular weight excluding hydrogens is 478 g/mol. The Hall–Kier alpha value is -3.06. The number of fused-ring (bicyclic) bond motifs is 3. The summed E-state index contributed by atoms with van der Waals surface area (Å²) in [4.78, 5) is 50.7. The van der Waals surface area contributed by atoms with Gasteiger partial charge in [0.05, 0.1) is 12.0 Å². The molecule has 0 aromatic rings. The van der Waals surface area contributed by atoms with Crippen LogP contribution in [0.2, 0.25) is 0 Å². The number of ketones is 2. The highest BCUT2D eigenvalue weighted by Gasteiger charge is 2.66. The van der Waals surface area contributed by atoms with Gasteiger partial charge in [0, 0.05) is 36.2 Å². The highest BCUT2D eigenvalue weighted by atomic mass is 16.5. The molecule has 1 amide bonds. The summed E-state index contributed by atoms with van der Waals surface area (Å²) in [5, 5.41) is 63.9. The van der Waals surface area contributed by atoms with Crippen molar-refractivity contribution < 1.29 is 54.6 Å². The molecule has 1 fully saturated rings. The first-order chi connectivity index (χ1) is 16.8. The Bertz CT molecular complexity index is 1130. The summed E-state index contributed by atoms with van der Waals surface area (Å²) >= 11 is 0. The van der Waals surface area contributed by atoms with E-state index in [1.807, 2.05) is 0 Å². The fourth-order valence-corrected chi connectivity index (χ4v) is 6.26. The van der Waals surface area contributed by atoms with E-state index in [1.54, 1.807) is 13.0 Å². The van der Waals surface area contributed by atoms with Crippen LogP contribution in [0.5, 0.6) is 0 Å². The van der Waals surface area contributed by atoms with Crippen molar-refractivity contribution in [2.45, 2.75) is 57.2 Å². The Balaban J connectivity index is 1.98. The second kappa shape index (κ2) is 8.80. The molecule has 36 heavy (non-hydrogen) atoms. The lowest BCUT2D eigenvalue weighted by Gasteiger charge is -2.53. The predicted molar refractivity (Wildman–Crippen MR) is 118 cm³/mol. The van der Waals surface area contributed by atoms with Gasteiger partial charge in [0.2, 0.25) is 0 Å². The molecule has 0 bridgehead atoms. The van der Waals surface area contributed by atoms with Crippen molar-refractivity contribution in [3.8, 4) is 0 Å². The lowest BCUT2D eigenvalue weighted by Crippen LogP contribution is -2.63. The molecule has 4 aliphatic carbocycles. The van der Waals surface area contributed by atoms with E-state index >= 15 is 0 Å². The number of carbonyl (C=O) groups is 4. The number of carbonyl (C=O) groups excluding carboxylic acids is 4. The van der Waals surface area contributed by atoms with E-state index in [2.05, 4.69) is 0 Å². The first kappa shape index (κ1) is 26.0. The molecule has 0 saturated heterocycles. The molecule has 8 N–H and O–H groups in total. The summed E-state index contributed by atoms with van der Waals surface area (Å²) in [6.45, 7) is 3.16. The number of primary amides is 1. The number of esters is 1. The second-order valence-electron chi connectivity index (χ2n) is 9.82. The number of aliphatic hydroxyl groups excluding tert-OH is 4. The van der Waals surface area contributed by atoms with Gasteiger partial charge in [-0.3, -0.25) is 19.2 Å². The maximum atomic E-state index is 13.7. The van der Waals surface area contributed by atoms with Gasteiger partial charge in [-0.05, 0) is 12.3 Å². The summed E-state index contributed by atoms with van der Waals surface area (Å²) in [6, 6.07) is 0. The van der Waals surface area contributed by atoms with Crippen molar-refractivity contribution in [2.75, 3.05) is 0 Å². The number of hydrogen-bond acceptors (Lipinski definition) is 11. The van der Waals surface area contributed by atoms with Crippen LogP contribution in [0.3, 0.4) is 0 Å². The number of hydrogen-bond donors (Lipinski definition) is 7. The van der Waals surface area contributed by atoms with E-state index in [-0.39, 0.29) is 12.8 Å². The molecule has 4 unspecified atom stereocenters. The minimum Gasteiger partial charge on any atom is -0.508 e. The molecule has 0 aromatic heterocycles. The van der Waals surface area contributed by atoms with Gasteiger partial charge in [0.1, 0.15) is 23.2 Å². The average molecular weight is 507 g/mol. The van der Waals surface area contributed by atoms with Gasteiger partial charge in [-0.2, -0.15) is 0 Å². The highest BCUT2D eigenvalue weighted by molar-refractivity contribution is 6.20. The summed E-state index contributed by atoms with van der Waals surface area (Å²) in [5.74, 6) is -11.8. The number of Topliss-reactive ketones (excluding diaryl/α,β-unsaturated/α-hetero) is 2. The van der Waals surface area contributed by atoms with Gasteiger partial charge in [0.25, 0.3) is 5.91 Å². The third-order valence-corrected chi connectivity index (χ3v) is 8.08.